The fourth-order valence-corrected chi connectivity index (χ4v) is 4.31. The van der Waals surface area contributed by atoms with Gasteiger partial charge in [-0.3, -0.25) is 0 Å². The Morgan fingerprint density at radius 2 is 1.86 bits per heavy atom. The molecule has 2 aromatic carbocycles. The lowest BCUT2D eigenvalue weighted by molar-refractivity contribution is 0.0697. The first-order valence-electron chi connectivity index (χ1n) is 9.30. The summed E-state index contributed by atoms with van der Waals surface area (Å²) in [4.78, 5) is 22.4. The second-order valence-corrected chi connectivity index (χ2v) is 7.51. The summed E-state index contributed by atoms with van der Waals surface area (Å²) in [6, 6.07) is 11.8. The van der Waals surface area contributed by atoms with E-state index in [0.29, 0.717) is 17.1 Å². The molecule has 1 N–H and O–H groups in total. The van der Waals surface area contributed by atoms with Gasteiger partial charge in [-0.05, 0) is 36.6 Å². The van der Waals surface area contributed by atoms with E-state index >= 15 is 0 Å². The summed E-state index contributed by atoms with van der Waals surface area (Å²) in [5.74, 6) is -0.759. The lowest BCUT2D eigenvalue weighted by Crippen LogP contribution is -2.38. The summed E-state index contributed by atoms with van der Waals surface area (Å²) < 4.78 is 14.0. The minimum Gasteiger partial charge on any atom is -0.478 e. The maximum atomic E-state index is 14.0. The van der Waals surface area contributed by atoms with Crippen molar-refractivity contribution >= 4 is 17.6 Å². The number of rotatable bonds is 3. The van der Waals surface area contributed by atoms with Crippen molar-refractivity contribution in [2.24, 2.45) is 0 Å². The van der Waals surface area contributed by atoms with Crippen LogP contribution >= 0.6 is 0 Å². The second-order valence-electron chi connectivity index (χ2n) is 7.51. The summed E-state index contributed by atoms with van der Waals surface area (Å²) in [7, 11) is 0. The Kier molecular flexibility index (Phi) is 3.69. The Hall–Kier alpha value is -3.28. The molecule has 140 valence electrons. The minimum absolute atomic E-state index is 0.0555. The molecule has 1 fully saturated rings. The molecule has 1 aromatic heterocycles. The van der Waals surface area contributed by atoms with Crippen LogP contribution < -0.4 is 4.90 Å². The molecule has 0 saturated heterocycles. The average molecular weight is 375 g/mol. The number of fused-ring (bicyclic) bond motifs is 2. The van der Waals surface area contributed by atoms with E-state index in [1.165, 1.54) is 18.1 Å². The van der Waals surface area contributed by atoms with Gasteiger partial charge in [0, 0.05) is 41.2 Å². The Morgan fingerprint density at radius 3 is 2.50 bits per heavy atom. The third-order valence-electron chi connectivity index (χ3n) is 5.94. The van der Waals surface area contributed by atoms with Crippen molar-refractivity contribution in [2.75, 3.05) is 11.4 Å². The van der Waals surface area contributed by atoms with Gasteiger partial charge in [0.1, 0.15) is 5.82 Å². The van der Waals surface area contributed by atoms with Gasteiger partial charge in [-0.2, -0.15) is 0 Å². The van der Waals surface area contributed by atoms with Crippen LogP contribution in [-0.2, 0) is 5.41 Å². The fraction of sp³-hybridized carbons (Fsp3) is 0.227. The van der Waals surface area contributed by atoms with Gasteiger partial charge in [-0.1, -0.05) is 30.7 Å². The van der Waals surface area contributed by atoms with Crippen LogP contribution in [0.25, 0.3) is 11.1 Å². The molecule has 0 radical (unpaired) electrons. The standard InChI is InChI=1S/C22H18FN3O2/c23-18-5-2-1-4-16(18)15-11-24-21(25-12-15)26-13-22(8-3-9-22)17-7-6-14(20(27)28)10-19(17)26/h1-2,4-7,10-12H,3,8-9,13H2,(H,27,28). The molecule has 1 aliphatic carbocycles. The summed E-state index contributed by atoms with van der Waals surface area (Å²) >= 11 is 0. The first-order valence-corrected chi connectivity index (χ1v) is 9.30. The van der Waals surface area contributed by atoms with E-state index in [2.05, 4.69) is 9.97 Å². The lowest BCUT2D eigenvalue weighted by Gasteiger charge is -2.39. The number of hydrogen-bond acceptors (Lipinski definition) is 4. The van der Waals surface area contributed by atoms with E-state index in [4.69, 9.17) is 0 Å². The average Bonchev–Trinajstić information content (AvgIpc) is 3.04. The number of carboxylic acids is 1. The summed E-state index contributed by atoms with van der Waals surface area (Å²) in [6.07, 6.45) is 6.56. The number of halogens is 1. The molecule has 5 rings (SSSR count). The highest BCUT2D eigenvalue weighted by atomic mass is 19.1. The quantitative estimate of drug-likeness (QED) is 0.727. The zero-order chi connectivity index (χ0) is 19.3. The zero-order valence-corrected chi connectivity index (χ0v) is 15.1. The molecule has 0 amide bonds. The molecule has 5 nitrogen and oxygen atoms in total. The number of nitrogens with zero attached hydrogens (tertiary/aromatic N) is 3. The third-order valence-corrected chi connectivity index (χ3v) is 5.94. The predicted octanol–water partition coefficient (Wildman–Crippen LogP) is 4.55. The van der Waals surface area contributed by atoms with Crippen LogP contribution in [0, 0.1) is 5.82 Å². The SMILES string of the molecule is O=C(O)c1ccc2c(c1)N(c1ncc(-c3ccccc3F)cn1)CC21CCC1. The zero-order valence-electron chi connectivity index (χ0n) is 15.1. The largest absolute Gasteiger partial charge is 0.478 e. The smallest absolute Gasteiger partial charge is 0.335 e. The van der Waals surface area contributed by atoms with Crippen LogP contribution in [-0.4, -0.2) is 27.6 Å². The van der Waals surface area contributed by atoms with Crippen molar-refractivity contribution in [1.29, 1.82) is 0 Å². The van der Waals surface area contributed by atoms with Gasteiger partial charge in [0.05, 0.1) is 5.56 Å². The number of anilines is 2. The molecule has 28 heavy (non-hydrogen) atoms. The van der Waals surface area contributed by atoms with Crippen LogP contribution in [0.15, 0.2) is 54.9 Å². The van der Waals surface area contributed by atoms with Crippen LogP contribution in [0.3, 0.4) is 0 Å². The van der Waals surface area contributed by atoms with Crippen molar-refractivity contribution in [1.82, 2.24) is 9.97 Å². The second kappa shape index (κ2) is 6.12. The number of hydrogen-bond donors (Lipinski definition) is 1. The van der Waals surface area contributed by atoms with Crippen LogP contribution in [0.4, 0.5) is 16.0 Å². The molecule has 2 heterocycles. The molecule has 1 aliphatic heterocycles. The molecule has 0 unspecified atom stereocenters. The Morgan fingerprint density at radius 1 is 1.11 bits per heavy atom. The highest BCUT2D eigenvalue weighted by molar-refractivity contribution is 5.90. The number of benzene rings is 2. The highest BCUT2D eigenvalue weighted by Crippen LogP contribution is 2.54. The van der Waals surface area contributed by atoms with Gasteiger partial charge in [0.25, 0.3) is 0 Å². The van der Waals surface area contributed by atoms with E-state index in [1.54, 1.807) is 42.7 Å². The van der Waals surface area contributed by atoms with E-state index < -0.39 is 5.97 Å². The molecule has 3 aromatic rings. The van der Waals surface area contributed by atoms with Gasteiger partial charge in [-0.15, -0.1) is 0 Å². The number of aromatic carboxylic acids is 1. The third kappa shape index (κ3) is 2.48. The molecule has 1 saturated carbocycles. The van der Waals surface area contributed by atoms with E-state index in [9.17, 15) is 14.3 Å². The lowest BCUT2D eigenvalue weighted by atomic mass is 9.66. The van der Waals surface area contributed by atoms with E-state index in [1.807, 2.05) is 11.0 Å². The molecule has 6 heteroatoms. The van der Waals surface area contributed by atoms with Crippen molar-refractivity contribution in [3.63, 3.8) is 0 Å². The predicted molar refractivity (Wildman–Crippen MR) is 103 cm³/mol. The highest BCUT2D eigenvalue weighted by Gasteiger charge is 2.48. The summed E-state index contributed by atoms with van der Waals surface area (Å²) in [5.41, 5.74) is 3.41. The van der Waals surface area contributed by atoms with Gasteiger partial charge < -0.3 is 10.0 Å². The maximum absolute atomic E-state index is 14.0. The Labute approximate surface area is 161 Å². The molecule has 2 aliphatic rings. The number of carboxylic acid groups (broad SMARTS) is 1. The number of carbonyl (C=O) groups is 1. The van der Waals surface area contributed by atoms with Gasteiger partial charge >= 0.3 is 5.97 Å². The maximum Gasteiger partial charge on any atom is 0.335 e. The first kappa shape index (κ1) is 16.9. The Balaban J connectivity index is 1.54. The number of aromatic nitrogens is 2. The fourth-order valence-electron chi connectivity index (χ4n) is 4.31. The topological polar surface area (TPSA) is 66.3 Å². The molecule has 0 atom stereocenters. The van der Waals surface area contributed by atoms with Crippen molar-refractivity contribution in [3.05, 3.63) is 71.8 Å². The first-order chi connectivity index (χ1) is 13.6. The van der Waals surface area contributed by atoms with Gasteiger partial charge in [0.2, 0.25) is 5.95 Å². The summed E-state index contributed by atoms with van der Waals surface area (Å²) in [5, 5.41) is 9.38. The van der Waals surface area contributed by atoms with Crippen LogP contribution in [0.1, 0.15) is 35.2 Å². The normalized spacial score (nSPS) is 16.7. The Bertz CT molecular complexity index is 1080. The van der Waals surface area contributed by atoms with Crippen molar-refractivity contribution in [2.45, 2.75) is 24.7 Å². The minimum atomic E-state index is -0.951. The van der Waals surface area contributed by atoms with Crippen LogP contribution in [0.2, 0.25) is 0 Å². The molecule has 1 spiro atoms. The van der Waals surface area contributed by atoms with Gasteiger partial charge in [0.15, 0.2) is 0 Å². The summed E-state index contributed by atoms with van der Waals surface area (Å²) in [6.45, 7) is 0.741. The van der Waals surface area contributed by atoms with E-state index in [0.717, 1.165) is 25.1 Å². The van der Waals surface area contributed by atoms with E-state index in [-0.39, 0.29) is 16.8 Å². The van der Waals surface area contributed by atoms with Crippen molar-refractivity contribution in [3.8, 4) is 11.1 Å². The van der Waals surface area contributed by atoms with Crippen molar-refractivity contribution < 1.29 is 14.3 Å². The monoisotopic (exact) mass is 375 g/mol. The molecule has 0 bridgehead atoms. The molecular weight excluding hydrogens is 357 g/mol. The molecular formula is C22H18FN3O2. The van der Waals surface area contributed by atoms with Crippen LogP contribution in [0.5, 0.6) is 0 Å². The van der Waals surface area contributed by atoms with Gasteiger partial charge in [-0.25, -0.2) is 19.2 Å².